The highest BCUT2D eigenvalue weighted by molar-refractivity contribution is 5.99. The standard InChI is InChI=1S/C62H75N11O14/c1-4-5-7-17-45-57(81)69-48(31-40-33-63-44-16-11-10-15-43(40)44)56(80)65-35-53(76)67-46(28-39-21-25-42(87-3)26-22-39)58(82)71-49(32-55(78)79)62(86)73-27-12-18-50(73)60(84)66-34-52(75)64-36-54(77)72(2)51(30-37-13-8-6-9-14-37)61(85)70-47(59(83)68-45)29-38-19-23-41(74)24-20-38/h6,8-11,13-16,19-26,33,45-51,63,74H,4-5,7,12,17-18,27-32,34-36H2,1-3H3,(H,64,75)(H,65,80)(H,66,84)(H,67,76)(H,68,83)(H,69,81)(H,70,85)(H,71,82)(H,78,79)/t45-,46-,47-,48-,49-,50+,51-/m0/s1. The SMILES string of the molecule is CCCCC[C@@H]1NC(=O)[C@H](Cc2ccc(O)cc2)NC(=O)[C@H](Cc2ccccc2)N(C)C(=O)CNC(=O)CNC(=O)[C@H]2CCCN2C(=O)[C@H](CC(=O)O)NC(=O)[C@H](Cc2ccc(OC)cc2)NC(=O)CNC(=O)[C@H](Cc2c[nH]c3ccccc23)NC1=O. The Hall–Kier alpha value is -9.81. The number of rotatable bonds is 15. The van der Waals surface area contributed by atoms with Crippen LogP contribution in [0.15, 0.2) is 109 Å². The van der Waals surface area contributed by atoms with Gasteiger partial charge in [0.1, 0.15) is 53.8 Å². The molecule has 0 saturated carbocycles. The summed E-state index contributed by atoms with van der Waals surface area (Å²) in [6, 6.07) is 18.4. The topological polar surface area (TPSA) is 356 Å². The summed E-state index contributed by atoms with van der Waals surface area (Å²) >= 11 is 0. The summed E-state index contributed by atoms with van der Waals surface area (Å²) in [5.74, 6) is -9.45. The van der Waals surface area contributed by atoms with E-state index in [-0.39, 0.29) is 57.2 Å². The van der Waals surface area contributed by atoms with E-state index in [1.165, 1.54) is 26.3 Å². The Kier molecular flexibility index (Phi) is 23.3. The molecule has 10 amide bonds. The smallest absolute Gasteiger partial charge is 0.305 e. The predicted molar refractivity (Wildman–Crippen MR) is 317 cm³/mol. The summed E-state index contributed by atoms with van der Waals surface area (Å²) in [6.07, 6.45) is 2.47. The lowest BCUT2D eigenvalue weighted by molar-refractivity contribution is -0.146. The Morgan fingerprint density at radius 1 is 0.586 bits per heavy atom. The van der Waals surface area contributed by atoms with Crippen LogP contribution in [0.5, 0.6) is 11.5 Å². The quantitative estimate of drug-likeness (QED) is 0.0647. The number of carboxylic acid groups (broad SMARTS) is 1. The first kappa shape index (κ1) is 64.7. The van der Waals surface area contributed by atoms with E-state index in [1.54, 1.807) is 79.0 Å². The summed E-state index contributed by atoms with van der Waals surface area (Å²) < 4.78 is 5.28. The molecule has 3 heterocycles. The van der Waals surface area contributed by atoms with Gasteiger partial charge in [-0.3, -0.25) is 52.7 Å². The highest BCUT2D eigenvalue weighted by Gasteiger charge is 2.40. The van der Waals surface area contributed by atoms with E-state index in [0.717, 1.165) is 27.1 Å². The molecule has 2 aliphatic rings. The number of carbonyl (C=O) groups is 11. The van der Waals surface area contributed by atoms with Crippen LogP contribution < -0.4 is 47.3 Å². The van der Waals surface area contributed by atoms with Gasteiger partial charge in [0.15, 0.2) is 0 Å². The van der Waals surface area contributed by atoms with Gasteiger partial charge in [-0.05, 0) is 71.8 Å². The molecule has 0 bridgehead atoms. The third-order valence-electron chi connectivity index (χ3n) is 15.3. The molecular formula is C62H75N11O14. The first-order chi connectivity index (χ1) is 41.8. The number of aromatic amines is 1. The fourth-order valence-electron chi connectivity index (χ4n) is 10.4. The summed E-state index contributed by atoms with van der Waals surface area (Å²) in [5, 5.41) is 41.8. The van der Waals surface area contributed by atoms with Crippen molar-refractivity contribution in [1.82, 2.24) is 57.3 Å². The maximum Gasteiger partial charge on any atom is 0.305 e. The van der Waals surface area contributed by atoms with Crippen LogP contribution in [0.25, 0.3) is 10.9 Å². The molecule has 7 atom stereocenters. The number of hydrogen-bond acceptors (Lipinski definition) is 13. The molecule has 25 heteroatoms. The number of fused-ring (bicyclic) bond motifs is 2. The number of phenols is 1. The number of para-hydroxylation sites is 1. The maximum absolute atomic E-state index is 14.8. The average Bonchev–Trinajstić information content (AvgIpc) is 3.67. The Balaban J connectivity index is 1.24. The molecule has 11 N–H and O–H groups in total. The number of aliphatic carboxylic acids is 1. The van der Waals surface area contributed by atoms with Gasteiger partial charge in [-0.1, -0.05) is 99.0 Å². The van der Waals surface area contributed by atoms with Crippen molar-refractivity contribution in [3.05, 3.63) is 132 Å². The Morgan fingerprint density at radius 2 is 1.16 bits per heavy atom. The zero-order valence-corrected chi connectivity index (χ0v) is 48.7. The van der Waals surface area contributed by atoms with Gasteiger partial charge in [-0.2, -0.15) is 0 Å². The number of hydrogen-bond donors (Lipinski definition) is 11. The first-order valence-electron chi connectivity index (χ1n) is 28.9. The molecule has 1 aromatic heterocycles. The van der Waals surface area contributed by atoms with Gasteiger partial charge < -0.3 is 72.3 Å². The molecule has 462 valence electrons. The van der Waals surface area contributed by atoms with E-state index in [0.29, 0.717) is 40.8 Å². The molecule has 0 aliphatic carbocycles. The summed E-state index contributed by atoms with van der Waals surface area (Å²) in [6.45, 7) is -0.154. The molecule has 4 aromatic carbocycles. The third-order valence-corrected chi connectivity index (χ3v) is 15.3. The molecule has 5 aromatic rings. The van der Waals surface area contributed by atoms with Gasteiger partial charge in [0.2, 0.25) is 59.1 Å². The Labute approximate surface area is 502 Å². The lowest BCUT2D eigenvalue weighted by Crippen LogP contribution is -2.60. The average molecular weight is 1200 g/mol. The van der Waals surface area contributed by atoms with Crippen molar-refractivity contribution in [3.63, 3.8) is 0 Å². The van der Waals surface area contributed by atoms with Crippen molar-refractivity contribution in [2.75, 3.05) is 40.3 Å². The minimum Gasteiger partial charge on any atom is -0.508 e. The second-order valence-corrected chi connectivity index (χ2v) is 21.6. The van der Waals surface area contributed by atoms with Crippen molar-refractivity contribution >= 4 is 75.9 Å². The highest BCUT2D eigenvalue weighted by Crippen LogP contribution is 2.22. The second-order valence-electron chi connectivity index (χ2n) is 21.6. The van der Waals surface area contributed by atoms with E-state index in [9.17, 15) is 63.0 Å². The number of nitrogens with one attached hydrogen (secondary N) is 9. The molecule has 2 saturated heterocycles. The predicted octanol–water partition coefficient (Wildman–Crippen LogP) is 0.812. The van der Waals surface area contributed by atoms with Gasteiger partial charge in [0.05, 0.1) is 33.2 Å². The number of H-pyrrole nitrogens is 1. The number of methoxy groups -OCH3 is 1. The monoisotopic (exact) mass is 1200 g/mol. The van der Waals surface area contributed by atoms with Crippen molar-refractivity contribution in [2.24, 2.45) is 0 Å². The molecule has 0 spiro atoms. The summed E-state index contributed by atoms with van der Waals surface area (Å²) in [4.78, 5) is 160. The van der Waals surface area contributed by atoms with Gasteiger partial charge in [-0.25, -0.2) is 0 Å². The van der Waals surface area contributed by atoms with Crippen LogP contribution in [-0.4, -0.2) is 173 Å². The Morgan fingerprint density at radius 3 is 1.84 bits per heavy atom. The number of carboxylic acids is 1. The van der Waals surface area contributed by atoms with Crippen molar-refractivity contribution in [2.45, 2.75) is 120 Å². The number of amides is 10. The van der Waals surface area contributed by atoms with Crippen LogP contribution in [-0.2, 0) is 78.4 Å². The van der Waals surface area contributed by atoms with Crippen LogP contribution in [0, 0.1) is 0 Å². The zero-order valence-electron chi connectivity index (χ0n) is 48.7. The van der Waals surface area contributed by atoms with Crippen molar-refractivity contribution < 1.29 is 67.7 Å². The minimum absolute atomic E-state index is 0.0249. The highest BCUT2D eigenvalue weighted by atomic mass is 16.5. The first-order valence-corrected chi connectivity index (χ1v) is 28.9. The van der Waals surface area contributed by atoms with E-state index in [1.807, 2.05) is 25.1 Å². The molecule has 7 rings (SSSR count). The van der Waals surface area contributed by atoms with E-state index < -0.39 is 133 Å². The summed E-state index contributed by atoms with van der Waals surface area (Å²) in [5.41, 5.74) is 2.96. The van der Waals surface area contributed by atoms with Crippen molar-refractivity contribution in [3.8, 4) is 11.5 Å². The molecular weight excluding hydrogens is 1120 g/mol. The number of nitrogens with zero attached hydrogens (tertiary/aromatic N) is 2. The fraction of sp³-hybridized carbons (Fsp3) is 0.403. The number of carbonyl (C=O) groups excluding carboxylic acids is 10. The number of unbranched alkanes of at least 4 members (excludes halogenated alkanes) is 2. The van der Waals surface area contributed by atoms with Crippen LogP contribution in [0.2, 0.25) is 0 Å². The molecule has 87 heavy (non-hydrogen) atoms. The van der Waals surface area contributed by atoms with Crippen LogP contribution in [0.1, 0.15) is 74.1 Å². The van der Waals surface area contributed by atoms with Gasteiger partial charge in [0.25, 0.3) is 0 Å². The van der Waals surface area contributed by atoms with Gasteiger partial charge >= 0.3 is 5.97 Å². The van der Waals surface area contributed by atoms with E-state index in [4.69, 9.17) is 4.74 Å². The van der Waals surface area contributed by atoms with Crippen LogP contribution >= 0.6 is 0 Å². The lowest BCUT2D eigenvalue weighted by atomic mass is 10.00. The van der Waals surface area contributed by atoms with E-state index in [2.05, 4.69) is 47.5 Å². The number of aromatic nitrogens is 1. The number of aromatic hydroxyl groups is 1. The normalized spacial score (nSPS) is 22.1. The molecule has 25 nitrogen and oxygen atoms in total. The minimum atomic E-state index is -1.76. The number of phenolic OH excluding ortho intramolecular Hbond substituents is 1. The number of benzene rings is 4. The Bertz CT molecular complexity index is 3270. The van der Waals surface area contributed by atoms with Gasteiger partial charge in [-0.15, -0.1) is 0 Å². The lowest BCUT2D eigenvalue weighted by Gasteiger charge is -2.30. The second kappa shape index (κ2) is 31.4. The molecule has 2 fully saturated rings. The fourth-order valence-corrected chi connectivity index (χ4v) is 10.4. The van der Waals surface area contributed by atoms with Crippen molar-refractivity contribution in [1.29, 1.82) is 0 Å². The molecule has 2 aliphatic heterocycles. The summed E-state index contributed by atoms with van der Waals surface area (Å²) in [7, 11) is 2.80. The number of likely N-dealkylation sites (N-methyl/N-ethyl adjacent to an activating group) is 1. The van der Waals surface area contributed by atoms with Crippen LogP contribution in [0.3, 0.4) is 0 Å². The maximum atomic E-state index is 14.8. The van der Waals surface area contributed by atoms with Crippen LogP contribution in [0.4, 0.5) is 0 Å². The van der Waals surface area contributed by atoms with E-state index >= 15 is 0 Å². The number of ether oxygens (including phenoxy) is 1. The third kappa shape index (κ3) is 18.6. The molecule has 0 unspecified atom stereocenters. The molecule has 0 radical (unpaired) electrons. The van der Waals surface area contributed by atoms with Gasteiger partial charge in [0, 0.05) is 56.4 Å². The largest absolute Gasteiger partial charge is 0.508 e. The zero-order chi connectivity index (χ0) is 62.6.